The van der Waals surface area contributed by atoms with Gasteiger partial charge >= 0.3 is 5.97 Å². The van der Waals surface area contributed by atoms with Crippen molar-refractivity contribution < 1.29 is 36.3 Å². The number of hydroxylamine groups is 1. The van der Waals surface area contributed by atoms with Crippen molar-refractivity contribution in [3.05, 3.63) is 35.8 Å². The van der Waals surface area contributed by atoms with Gasteiger partial charge < -0.3 is 15.2 Å². The molecule has 0 aliphatic heterocycles. The summed E-state index contributed by atoms with van der Waals surface area (Å²) in [5.74, 6) is -4.80. The predicted molar refractivity (Wildman–Crippen MR) is 105 cm³/mol. The van der Waals surface area contributed by atoms with Gasteiger partial charge in [0.1, 0.15) is 12.2 Å². The number of amides is 2. The van der Waals surface area contributed by atoms with Gasteiger partial charge in [-0.2, -0.15) is 0 Å². The van der Waals surface area contributed by atoms with Crippen LogP contribution in [0.3, 0.4) is 0 Å². The minimum atomic E-state index is -1.96. The first-order chi connectivity index (χ1) is 15.9. The van der Waals surface area contributed by atoms with Gasteiger partial charge in [-0.25, -0.2) is 10.3 Å². The minimum Gasteiger partial charge on any atom is -0.461 e. The van der Waals surface area contributed by atoms with Crippen LogP contribution in [0.1, 0.15) is 64.4 Å². The lowest BCUT2D eigenvalue weighted by atomic mass is 9.90. The average Bonchev–Trinajstić information content (AvgIpc) is 3.30. The van der Waals surface area contributed by atoms with E-state index in [4.69, 9.17) is 16.8 Å². The van der Waals surface area contributed by atoms with E-state index in [1.807, 2.05) is 0 Å². The van der Waals surface area contributed by atoms with Gasteiger partial charge in [0.25, 0.3) is 5.91 Å². The van der Waals surface area contributed by atoms with Crippen LogP contribution in [0.25, 0.3) is 0 Å². The Labute approximate surface area is 177 Å². The van der Waals surface area contributed by atoms with E-state index in [9.17, 15) is 19.5 Å². The lowest BCUT2D eigenvalue weighted by Crippen LogP contribution is -2.47. The lowest BCUT2D eigenvalue weighted by Gasteiger charge is -2.26. The van der Waals surface area contributed by atoms with Crippen molar-refractivity contribution in [2.75, 3.05) is 0 Å². The van der Waals surface area contributed by atoms with Gasteiger partial charge in [-0.15, -0.1) is 0 Å². The highest BCUT2D eigenvalue weighted by atomic mass is 16.5. The van der Waals surface area contributed by atoms with E-state index in [0.29, 0.717) is 12.8 Å². The fourth-order valence-electron chi connectivity index (χ4n) is 3.28. The summed E-state index contributed by atoms with van der Waals surface area (Å²) in [5, 5.41) is 21.5. The first-order valence-corrected chi connectivity index (χ1v) is 9.60. The molecular weight excluding hydrogens is 376 g/mol. The highest BCUT2D eigenvalue weighted by Gasteiger charge is 2.36. The van der Waals surface area contributed by atoms with Crippen LogP contribution in [0.2, 0.25) is 0 Å². The number of hydrogen-bond acceptors (Lipinski definition) is 6. The molecule has 8 heteroatoms. The monoisotopic (exact) mass is 411 g/mol. The van der Waals surface area contributed by atoms with Gasteiger partial charge in [0.2, 0.25) is 5.91 Å². The van der Waals surface area contributed by atoms with Crippen LogP contribution < -0.4 is 10.8 Å². The second-order valence-corrected chi connectivity index (χ2v) is 7.48. The van der Waals surface area contributed by atoms with Crippen LogP contribution in [0, 0.1) is 11.8 Å². The Hall–Kier alpha value is -2.45. The number of benzene rings is 1. The topological polar surface area (TPSA) is 125 Å². The molecule has 0 radical (unpaired) electrons. The molecule has 4 N–H and O–H groups in total. The summed E-state index contributed by atoms with van der Waals surface area (Å²) in [6.45, 7) is 3.45. The molecular formula is C21H30N2O6. The quantitative estimate of drug-likeness (QED) is 0.279. The molecule has 3 atom stereocenters. The zero-order chi connectivity index (χ0) is 25.7. The normalized spacial score (nSPS) is 19.8. The Morgan fingerprint density at radius 2 is 1.79 bits per heavy atom. The molecule has 0 spiro atoms. The van der Waals surface area contributed by atoms with Crippen molar-refractivity contribution in [1.29, 1.82) is 0 Å². The van der Waals surface area contributed by atoms with E-state index in [1.165, 1.54) is 5.48 Å². The van der Waals surface area contributed by atoms with Gasteiger partial charge in [-0.3, -0.25) is 14.8 Å². The Morgan fingerprint density at radius 3 is 2.34 bits per heavy atom. The molecule has 1 aromatic carbocycles. The minimum absolute atomic E-state index is 0.00861. The molecule has 0 saturated heterocycles. The van der Waals surface area contributed by atoms with Crippen molar-refractivity contribution >= 4 is 17.8 Å². The van der Waals surface area contributed by atoms with Crippen molar-refractivity contribution in [1.82, 2.24) is 10.8 Å². The number of rotatable bonds is 9. The van der Waals surface area contributed by atoms with E-state index >= 15 is 0 Å². The highest BCUT2D eigenvalue weighted by molar-refractivity contribution is 5.91. The average molecular weight is 412 g/mol. The molecule has 1 aromatic rings. The SMILES string of the molecule is [2H]c1c([2H])c([2H])c([C@@H](NC(=O)[C@@H](CC(C)C)[C@@H](O)C(=O)NO)C(=O)OC2CCCC2)c([2H])c1[2H]. The number of ether oxygens (including phenoxy) is 1. The third-order valence-electron chi connectivity index (χ3n) is 4.74. The summed E-state index contributed by atoms with van der Waals surface area (Å²) >= 11 is 0. The Kier molecular flexibility index (Phi) is 6.16. The van der Waals surface area contributed by atoms with E-state index in [2.05, 4.69) is 5.32 Å². The summed E-state index contributed by atoms with van der Waals surface area (Å²) in [6, 6.07) is -5.20. The van der Waals surface area contributed by atoms with Gasteiger partial charge in [-0.05, 0) is 43.6 Å². The molecule has 0 aromatic heterocycles. The Bertz CT molecular complexity index is 910. The maximum absolute atomic E-state index is 13.1. The number of esters is 1. The smallest absolute Gasteiger partial charge is 0.333 e. The molecule has 0 heterocycles. The number of aliphatic hydroxyl groups is 1. The van der Waals surface area contributed by atoms with Gasteiger partial charge in [-0.1, -0.05) is 44.1 Å². The van der Waals surface area contributed by atoms with Crippen LogP contribution in [0.4, 0.5) is 0 Å². The molecule has 29 heavy (non-hydrogen) atoms. The van der Waals surface area contributed by atoms with E-state index < -0.39 is 77.7 Å². The van der Waals surface area contributed by atoms with Crippen LogP contribution >= 0.6 is 0 Å². The summed E-state index contributed by atoms with van der Waals surface area (Å²) < 4.78 is 45.5. The number of aliphatic hydroxyl groups excluding tert-OH is 1. The molecule has 2 rings (SSSR count). The molecule has 1 aliphatic carbocycles. The molecule has 160 valence electrons. The predicted octanol–water partition coefficient (Wildman–Crippen LogP) is 1.86. The number of carbonyl (C=O) groups is 3. The van der Waals surface area contributed by atoms with E-state index in [-0.39, 0.29) is 12.3 Å². The zero-order valence-electron chi connectivity index (χ0n) is 21.4. The molecule has 2 amide bonds. The fraction of sp³-hybridized carbons (Fsp3) is 0.571. The standard InChI is InChI=1S/C21H30N2O6/c1-13(2)12-16(18(24)20(26)23-28)19(25)22-17(14-8-4-3-5-9-14)21(27)29-15-10-6-7-11-15/h3-5,8-9,13,15-18,24,28H,6-7,10-12H2,1-2H3,(H,22,25)(H,23,26)/t16-,17+,18+/m0/s1/i3D,4D,5D,8D,9D. The van der Waals surface area contributed by atoms with Crippen LogP contribution in [-0.4, -0.2) is 40.3 Å². The number of hydrogen-bond donors (Lipinski definition) is 4. The summed E-state index contributed by atoms with van der Waals surface area (Å²) in [4.78, 5) is 38.0. The Morgan fingerprint density at radius 1 is 1.17 bits per heavy atom. The van der Waals surface area contributed by atoms with Crippen molar-refractivity contribution in [2.45, 2.75) is 64.2 Å². The van der Waals surface area contributed by atoms with Crippen molar-refractivity contribution in [3.8, 4) is 0 Å². The molecule has 0 unspecified atom stereocenters. The molecule has 1 saturated carbocycles. The third kappa shape index (κ3) is 6.54. The van der Waals surface area contributed by atoms with Gasteiger partial charge in [0.15, 0.2) is 6.04 Å². The number of carbonyl (C=O) groups excluding carboxylic acids is 3. The molecule has 1 aliphatic rings. The summed E-state index contributed by atoms with van der Waals surface area (Å²) in [6.07, 6.45) is 0.459. The second-order valence-electron chi connectivity index (χ2n) is 7.48. The van der Waals surface area contributed by atoms with Gasteiger partial charge in [0, 0.05) is 0 Å². The first kappa shape index (κ1) is 16.4. The molecule has 8 nitrogen and oxygen atoms in total. The third-order valence-corrected chi connectivity index (χ3v) is 4.74. The molecule has 0 bridgehead atoms. The number of nitrogens with one attached hydrogen (secondary N) is 2. The van der Waals surface area contributed by atoms with Crippen LogP contribution in [-0.2, 0) is 19.1 Å². The molecule has 1 fully saturated rings. The summed E-state index contributed by atoms with van der Waals surface area (Å²) in [7, 11) is 0. The maximum atomic E-state index is 13.1. The van der Waals surface area contributed by atoms with Gasteiger partial charge in [0.05, 0.1) is 12.8 Å². The van der Waals surface area contributed by atoms with E-state index in [0.717, 1.165) is 12.8 Å². The maximum Gasteiger partial charge on any atom is 0.333 e. The van der Waals surface area contributed by atoms with Crippen molar-refractivity contribution in [2.24, 2.45) is 11.8 Å². The van der Waals surface area contributed by atoms with Crippen molar-refractivity contribution in [3.63, 3.8) is 0 Å². The Balaban J connectivity index is 2.50. The van der Waals surface area contributed by atoms with E-state index in [1.54, 1.807) is 13.8 Å². The lowest BCUT2D eigenvalue weighted by molar-refractivity contribution is -0.154. The second kappa shape index (κ2) is 10.9. The largest absolute Gasteiger partial charge is 0.461 e. The fourth-order valence-corrected chi connectivity index (χ4v) is 3.28. The van der Waals surface area contributed by atoms with Crippen LogP contribution in [0.15, 0.2) is 30.2 Å². The van der Waals surface area contributed by atoms with Crippen LogP contribution in [0.5, 0.6) is 0 Å². The first-order valence-electron chi connectivity index (χ1n) is 12.1. The summed E-state index contributed by atoms with van der Waals surface area (Å²) in [5.41, 5.74) is 0.798. The zero-order valence-corrected chi connectivity index (χ0v) is 16.4. The highest BCUT2D eigenvalue weighted by Crippen LogP contribution is 2.25.